The molecule has 5 rings (SSSR count). The number of hydrogen-bond donors (Lipinski definition) is 0. The molecule has 3 heterocycles. The van der Waals surface area contributed by atoms with Crippen molar-refractivity contribution in [3.05, 3.63) is 35.4 Å². The third kappa shape index (κ3) is 3.01. The van der Waals surface area contributed by atoms with Crippen LogP contribution in [0.1, 0.15) is 56.1 Å². The maximum absolute atomic E-state index is 13.5. The molecule has 4 heteroatoms. The smallest absolute Gasteiger partial charge is 0.233 e. The Bertz CT molecular complexity index is 706. The van der Waals surface area contributed by atoms with E-state index in [2.05, 4.69) is 41.0 Å². The van der Waals surface area contributed by atoms with Gasteiger partial charge >= 0.3 is 0 Å². The van der Waals surface area contributed by atoms with Gasteiger partial charge in [-0.15, -0.1) is 0 Å². The van der Waals surface area contributed by atoms with E-state index in [1.54, 1.807) is 0 Å². The van der Waals surface area contributed by atoms with Crippen LogP contribution in [0.2, 0.25) is 0 Å². The minimum absolute atomic E-state index is 0.225. The van der Waals surface area contributed by atoms with Gasteiger partial charge in [0, 0.05) is 38.3 Å². The molecule has 0 N–H and O–H groups in total. The summed E-state index contributed by atoms with van der Waals surface area (Å²) in [5, 5.41) is 0. The number of nitrogens with zero attached hydrogens (tertiary/aromatic N) is 2. The van der Waals surface area contributed by atoms with Gasteiger partial charge in [-0.25, -0.2) is 0 Å². The van der Waals surface area contributed by atoms with Crippen molar-refractivity contribution >= 4 is 5.91 Å². The van der Waals surface area contributed by atoms with Crippen molar-refractivity contribution in [1.82, 2.24) is 9.80 Å². The highest BCUT2D eigenvalue weighted by Gasteiger charge is 2.56. The van der Waals surface area contributed by atoms with Gasteiger partial charge in [0.25, 0.3) is 0 Å². The van der Waals surface area contributed by atoms with Crippen LogP contribution in [-0.2, 0) is 14.9 Å². The largest absolute Gasteiger partial charge is 0.377 e. The van der Waals surface area contributed by atoms with Crippen molar-refractivity contribution in [2.75, 3.05) is 32.8 Å². The first kappa shape index (κ1) is 17.7. The molecule has 0 unspecified atom stereocenters. The Kier molecular flexibility index (Phi) is 4.32. The Labute approximate surface area is 162 Å². The molecule has 0 aromatic heterocycles. The SMILES string of the molecule is Cc1ccc(C2(C(=O)N3CCC[C@@]4(CCN4C[C@@H]4CCCO4)C3)CC2)cc1. The Balaban J connectivity index is 1.29. The molecule has 3 saturated heterocycles. The van der Waals surface area contributed by atoms with Gasteiger partial charge in [-0.1, -0.05) is 29.8 Å². The number of benzene rings is 1. The number of ether oxygens (including phenoxy) is 1. The molecular formula is C23H32N2O2. The zero-order chi connectivity index (χ0) is 18.5. The van der Waals surface area contributed by atoms with Crippen molar-refractivity contribution in [1.29, 1.82) is 0 Å². The molecule has 2 atom stereocenters. The van der Waals surface area contributed by atoms with E-state index in [-0.39, 0.29) is 11.0 Å². The van der Waals surface area contributed by atoms with Crippen molar-refractivity contribution in [2.24, 2.45) is 0 Å². The first-order valence-electron chi connectivity index (χ1n) is 10.8. The van der Waals surface area contributed by atoms with Crippen molar-refractivity contribution in [2.45, 2.75) is 68.9 Å². The van der Waals surface area contributed by atoms with Gasteiger partial charge in [-0.05, 0) is 57.4 Å². The molecule has 0 bridgehead atoms. The molecule has 1 amide bonds. The summed E-state index contributed by atoms with van der Waals surface area (Å²) in [4.78, 5) is 18.4. The van der Waals surface area contributed by atoms with Crippen LogP contribution in [-0.4, -0.2) is 60.1 Å². The van der Waals surface area contributed by atoms with Crippen LogP contribution in [0.4, 0.5) is 0 Å². The fraction of sp³-hybridized carbons (Fsp3) is 0.696. The van der Waals surface area contributed by atoms with Crippen LogP contribution in [0, 0.1) is 6.92 Å². The number of carbonyl (C=O) groups excluding carboxylic acids is 1. The quantitative estimate of drug-likeness (QED) is 0.818. The van der Waals surface area contributed by atoms with Gasteiger partial charge in [-0.2, -0.15) is 0 Å². The van der Waals surface area contributed by atoms with Gasteiger partial charge in [0.1, 0.15) is 0 Å². The van der Waals surface area contributed by atoms with Gasteiger partial charge < -0.3 is 9.64 Å². The van der Waals surface area contributed by atoms with E-state index in [0.29, 0.717) is 12.0 Å². The van der Waals surface area contributed by atoms with Crippen molar-refractivity contribution in [3.63, 3.8) is 0 Å². The maximum atomic E-state index is 13.5. The summed E-state index contributed by atoms with van der Waals surface area (Å²) in [6.45, 7) is 7.12. The number of rotatable bonds is 4. The first-order valence-corrected chi connectivity index (χ1v) is 10.8. The van der Waals surface area contributed by atoms with Gasteiger partial charge in [0.15, 0.2) is 0 Å². The Morgan fingerprint density at radius 3 is 2.56 bits per heavy atom. The molecule has 4 nitrogen and oxygen atoms in total. The first-order chi connectivity index (χ1) is 13.1. The predicted molar refractivity (Wildman–Crippen MR) is 106 cm³/mol. The highest BCUT2D eigenvalue weighted by Crippen LogP contribution is 2.51. The summed E-state index contributed by atoms with van der Waals surface area (Å²) in [6.07, 6.45) is 8.45. The van der Waals surface area contributed by atoms with E-state index < -0.39 is 0 Å². The minimum atomic E-state index is -0.227. The second-order valence-corrected chi connectivity index (χ2v) is 9.33. The molecular weight excluding hydrogens is 336 g/mol. The van der Waals surface area contributed by atoms with Crippen LogP contribution < -0.4 is 0 Å². The molecule has 27 heavy (non-hydrogen) atoms. The number of aryl methyl sites for hydroxylation is 1. The van der Waals surface area contributed by atoms with Crippen LogP contribution >= 0.6 is 0 Å². The molecule has 146 valence electrons. The summed E-state index contributed by atoms with van der Waals surface area (Å²) < 4.78 is 5.88. The maximum Gasteiger partial charge on any atom is 0.233 e. The number of likely N-dealkylation sites (tertiary alicyclic amines) is 2. The van der Waals surface area contributed by atoms with Crippen molar-refractivity contribution in [3.8, 4) is 0 Å². The average Bonchev–Trinajstić information content (AvgIpc) is 3.33. The molecule has 1 saturated carbocycles. The summed E-state index contributed by atoms with van der Waals surface area (Å²) in [5.74, 6) is 0.384. The van der Waals surface area contributed by atoms with E-state index in [1.807, 2.05) is 0 Å². The lowest BCUT2D eigenvalue weighted by Gasteiger charge is -2.58. The number of hydrogen-bond acceptors (Lipinski definition) is 3. The van der Waals surface area contributed by atoms with Gasteiger partial charge in [0.05, 0.1) is 11.5 Å². The number of carbonyl (C=O) groups is 1. The predicted octanol–water partition coefficient (Wildman–Crippen LogP) is 3.27. The molecule has 1 aliphatic carbocycles. The van der Waals surface area contributed by atoms with Crippen LogP contribution in [0.25, 0.3) is 0 Å². The fourth-order valence-electron chi connectivity index (χ4n) is 5.58. The van der Waals surface area contributed by atoms with Crippen molar-refractivity contribution < 1.29 is 9.53 Å². The third-order valence-electron chi connectivity index (χ3n) is 7.57. The third-order valence-corrected chi connectivity index (χ3v) is 7.57. The topological polar surface area (TPSA) is 32.8 Å². The van der Waals surface area contributed by atoms with E-state index in [9.17, 15) is 4.79 Å². The normalized spacial score (nSPS) is 32.5. The summed E-state index contributed by atoms with van der Waals surface area (Å²) in [6, 6.07) is 8.64. The molecule has 1 spiro atoms. The summed E-state index contributed by atoms with van der Waals surface area (Å²) in [5.41, 5.74) is 2.49. The highest BCUT2D eigenvalue weighted by atomic mass is 16.5. The van der Waals surface area contributed by atoms with E-state index in [0.717, 1.165) is 45.5 Å². The Morgan fingerprint density at radius 2 is 1.93 bits per heavy atom. The average molecular weight is 369 g/mol. The van der Waals surface area contributed by atoms with Crippen LogP contribution in [0.5, 0.6) is 0 Å². The molecule has 4 aliphatic rings. The Morgan fingerprint density at radius 1 is 1.11 bits per heavy atom. The number of piperidine rings is 1. The van der Waals surface area contributed by atoms with E-state index in [1.165, 1.54) is 43.4 Å². The lowest BCUT2D eigenvalue weighted by atomic mass is 9.76. The standard InChI is InChI=1S/C23H32N2O2/c1-18-5-7-19(8-6-18)23(10-11-23)21(26)24-13-3-9-22(17-24)12-14-25(22)16-20-4-2-15-27-20/h5-8,20H,2-4,9-17H2,1H3/t20-,22+/m0/s1. The van der Waals surface area contributed by atoms with E-state index >= 15 is 0 Å². The zero-order valence-corrected chi connectivity index (χ0v) is 16.6. The fourth-order valence-corrected chi connectivity index (χ4v) is 5.58. The molecule has 3 aliphatic heterocycles. The second-order valence-electron chi connectivity index (χ2n) is 9.33. The monoisotopic (exact) mass is 368 g/mol. The second kappa shape index (κ2) is 6.59. The highest BCUT2D eigenvalue weighted by molar-refractivity contribution is 5.91. The molecule has 1 aromatic rings. The summed E-state index contributed by atoms with van der Waals surface area (Å²) in [7, 11) is 0. The lowest BCUT2D eigenvalue weighted by Crippen LogP contribution is -2.68. The minimum Gasteiger partial charge on any atom is -0.377 e. The van der Waals surface area contributed by atoms with Gasteiger partial charge in [-0.3, -0.25) is 9.69 Å². The zero-order valence-electron chi connectivity index (χ0n) is 16.6. The molecule has 4 fully saturated rings. The van der Waals surface area contributed by atoms with E-state index in [4.69, 9.17) is 4.74 Å². The lowest BCUT2D eigenvalue weighted by molar-refractivity contribution is -0.144. The molecule has 1 aromatic carbocycles. The van der Waals surface area contributed by atoms with Crippen LogP contribution in [0.3, 0.4) is 0 Å². The van der Waals surface area contributed by atoms with Crippen LogP contribution in [0.15, 0.2) is 24.3 Å². The number of amides is 1. The Hall–Kier alpha value is -1.39. The molecule has 0 radical (unpaired) electrons. The summed E-state index contributed by atoms with van der Waals surface area (Å²) >= 11 is 0. The van der Waals surface area contributed by atoms with Gasteiger partial charge in [0.2, 0.25) is 5.91 Å².